The first-order valence-corrected chi connectivity index (χ1v) is 5.96. The molecule has 2 aromatic carbocycles. The van der Waals surface area contributed by atoms with Crippen LogP contribution in [0.15, 0.2) is 48.5 Å². The standard InChI is InChI=1S/C15H16N2O2/c1-19-12-6-4-5-11(9-12)10-15(18)17-14-8-3-2-7-13(14)16/h2-9H,10,16H2,1H3,(H,17,18). The van der Waals surface area contributed by atoms with Crippen LogP contribution < -0.4 is 15.8 Å². The maximum absolute atomic E-state index is 11.9. The second-order valence-corrected chi connectivity index (χ2v) is 4.16. The number of carbonyl (C=O) groups excluding carboxylic acids is 1. The molecule has 0 spiro atoms. The minimum atomic E-state index is -0.105. The molecule has 0 fully saturated rings. The molecule has 3 N–H and O–H groups in total. The minimum Gasteiger partial charge on any atom is -0.497 e. The highest BCUT2D eigenvalue weighted by Crippen LogP contribution is 2.18. The van der Waals surface area contributed by atoms with E-state index >= 15 is 0 Å². The van der Waals surface area contributed by atoms with E-state index in [0.29, 0.717) is 11.4 Å². The molecule has 0 aromatic heterocycles. The van der Waals surface area contributed by atoms with Crippen molar-refractivity contribution in [3.63, 3.8) is 0 Å². The number of nitrogens with one attached hydrogen (secondary N) is 1. The molecular weight excluding hydrogens is 240 g/mol. The van der Waals surface area contributed by atoms with Crippen LogP contribution in [0, 0.1) is 0 Å². The molecule has 0 radical (unpaired) electrons. The molecule has 98 valence electrons. The third kappa shape index (κ3) is 3.48. The molecule has 1 amide bonds. The second-order valence-electron chi connectivity index (χ2n) is 4.16. The summed E-state index contributed by atoms with van der Waals surface area (Å²) < 4.78 is 5.12. The number of nitrogens with two attached hydrogens (primary N) is 1. The highest BCUT2D eigenvalue weighted by molar-refractivity contribution is 5.95. The summed E-state index contributed by atoms with van der Waals surface area (Å²) in [5.74, 6) is 0.635. The summed E-state index contributed by atoms with van der Waals surface area (Å²) in [6, 6.07) is 14.6. The van der Waals surface area contributed by atoms with Gasteiger partial charge in [-0.15, -0.1) is 0 Å². The van der Waals surface area contributed by atoms with Crippen molar-refractivity contribution in [1.29, 1.82) is 0 Å². The lowest BCUT2D eigenvalue weighted by molar-refractivity contribution is -0.115. The number of hydrogen-bond acceptors (Lipinski definition) is 3. The van der Waals surface area contributed by atoms with Crippen molar-refractivity contribution < 1.29 is 9.53 Å². The summed E-state index contributed by atoms with van der Waals surface area (Å²) >= 11 is 0. The van der Waals surface area contributed by atoms with Gasteiger partial charge in [-0.05, 0) is 29.8 Å². The highest BCUT2D eigenvalue weighted by atomic mass is 16.5. The van der Waals surface area contributed by atoms with Crippen LogP contribution in [0.4, 0.5) is 11.4 Å². The molecule has 0 unspecified atom stereocenters. The zero-order valence-electron chi connectivity index (χ0n) is 10.7. The van der Waals surface area contributed by atoms with Crippen LogP contribution in [0.5, 0.6) is 5.75 Å². The van der Waals surface area contributed by atoms with E-state index in [0.717, 1.165) is 11.3 Å². The lowest BCUT2D eigenvalue weighted by Gasteiger charge is -2.08. The third-order valence-electron chi connectivity index (χ3n) is 2.73. The molecule has 0 saturated heterocycles. The Morgan fingerprint density at radius 2 is 2.00 bits per heavy atom. The molecular formula is C15H16N2O2. The van der Waals surface area contributed by atoms with Crippen LogP contribution in [-0.4, -0.2) is 13.0 Å². The number of ether oxygens (including phenoxy) is 1. The average Bonchev–Trinajstić information content (AvgIpc) is 2.41. The molecule has 4 nitrogen and oxygen atoms in total. The van der Waals surface area contributed by atoms with Gasteiger partial charge in [-0.25, -0.2) is 0 Å². The molecule has 0 atom stereocenters. The van der Waals surface area contributed by atoms with Crippen molar-refractivity contribution in [3.05, 3.63) is 54.1 Å². The van der Waals surface area contributed by atoms with Crippen LogP contribution >= 0.6 is 0 Å². The zero-order chi connectivity index (χ0) is 13.7. The Bertz CT molecular complexity index is 582. The third-order valence-corrected chi connectivity index (χ3v) is 2.73. The lowest BCUT2D eigenvalue weighted by Crippen LogP contribution is -2.15. The van der Waals surface area contributed by atoms with Gasteiger partial charge in [0, 0.05) is 0 Å². The maximum Gasteiger partial charge on any atom is 0.228 e. The average molecular weight is 256 g/mol. The number of anilines is 2. The first-order chi connectivity index (χ1) is 9.19. The number of nitrogen functional groups attached to an aromatic ring is 1. The molecule has 0 aliphatic heterocycles. The maximum atomic E-state index is 11.9. The monoisotopic (exact) mass is 256 g/mol. The van der Waals surface area contributed by atoms with E-state index < -0.39 is 0 Å². The summed E-state index contributed by atoms with van der Waals surface area (Å²) in [4.78, 5) is 11.9. The molecule has 0 bridgehead atoms. The normalized spacial score (nSPS) is 9.95. The topological polar surface area (TPSA) is 64.3 Å². The first-order valence-electron chi connectivity index (χ1n) is 5.96. The van der Waals surface area contributed by atoms with Crippen LogP contribution in [0.1, 0.15) is 5.56 Å². The summed E-state index contributed by atoms with van der Waals surface area (Å²) in [6.07, 6.45) is 0.283. The van der Waals surface area contributed by atoms with Gasteiger partial charge in [-0.3, -0.25) is 4.79 Å². The van der Waals surface area contributed by atoms with Gasteiger partial charge in [-0.1, -0.05) is 24.3 Å². The Balaban J connectivity index is 2.03. The molecule has 19 heavy (non-hydrogen) atoms. The second kappa shape index (κ2) is 5.91. The van der Waals surface area contributed by atoms with Gasteiger partial charge in [-0.2, -0.15) is 0 Å². The van der Waals surface area contributed by atoms with Crippen LogP contribution in [0.25, 0.3) is 0 Å². The highest BCUT2D eigenvalue weighted by Gasteiger charge is 2.06. The number of hydrogen-bond donors (Lipinski definition) is 2. The van der Waals surface area contributed by atoms with E-state index in [1.807, 2.05) is 36.4 Å². The van der Waals surface area contributed by atoms with Crippen molar-refractivity contribution in [2.24, 2.45) is 0 Å². The van der Waals surface area contributed by atoms with Gasteiger partial charge in [0.15, 0.2) is 0 Å². The fourth-order valence-electron chi connectivity index (χ4n) is 1.77. The van der Waals surface area contributed by atoms with Gasteiger partial charge >= 0.3 is 0 Å². The summed E-state index contributed by atoms with van der Waals surface area (Å²) in [5, 5.41) is 2.79. The Labute approximate surface area is 112 Å². The van der Waals surface area contributed by atoms with E-state index in [-0.39, 0.29) is 12.3 Å². The van der Waals surface area contributed by atoms with Crippen molar-refractivity contribution in [3.8, 4) is 5.75 Å². The van der Waals surface area contributed by atoms with E-state index in [4.69, 9.17) is 10.5 Å². The first kappa shape index (κ1) is 13.0. The van der Waals surface area contributed by atoms with E-state index in [1.165, 1.54) is 0 Å². The van der Waals surface area contributed by atoms with Gasteiger partial charge < -0.3 is 15.8 Å². The van der Waals surface area contributed by atoms with Crippen LogP contribution in [0.3, 0.4) is 0 Å². The summed E-state index contributed by atoms with van der Waals surface area (Å²) in [5.41, 5.74) is 7.86. The number of amides is 1. The fourth-order valence-corrected chi connectivity index (χ4v) is 1.77. The Morgan fingerprint density at radius 1 is 1.21 bits per heavy atom. The molecule has 4 heteroatoms. The summed E-state index contributed by atoms with van der Waals surface area (Å²) in [6.45, 7) is 0. The zero-order valence-corrected chi connectivity index (χ0v) is 10.7. The lowest BCUT2D eigenvalue weighted by atomic mass is 10.1. The quantitative estimate of drug-likeness (QED) is 0.826. The van der Waals surface area contributed by atoms with Crippen molar-refractivity contribution in [2.45, 2.75) is 6.42 Å². The molecule has 0 aliphatic carbocycles. The molecule has 2 rings (SSSR count). The molecule has 0 heterocycles. The van der Waals surface area contributed by atoms with Crippen molar-refractivity contribution in [2.75, 3.05) is 18.2 Å². The largest absolute Gasteiger partial charge is 0.497 e. The fraction of sp³-hybridized carbons (Fsp3) is 0.133. The predicted octanol–water partition coefficient (Wildman–Crippen LogP) is 2.46. The Kier molecular flexibility index (Phi) is 4.03. The smallest absolute Gasteiger partial charge is 0.228 e. The van der Waals surface area contributed by atoms with Gasteiger partial charge in [0.25, 0.3) is 0 Å². The van der Waals surface area contributed by atoms with Gasteiger partial charge in [0.05, 0.1) is 24.9 Å². The predicted molar refractivity (Wildman–Crippen MR) is 76.2 cm³/mol. The van der Waals surface area contributed by atoms with Gasteiger partial charge in [0.2, 0.25) is 5.91 Å². The van der Waals surface area contributed by atoms with Crippen LogP contribution in [-0.2, 0) is 11.2 Å². The number of para-hydroxylation sites is 2. The molecule has 0 saturated carbocycles. The SMILES string of the molecule is COc1cccc(CC(=O)Nc2ccccc2N)c1. The van der Waals surface area contributed by atoms with Crippen molar-refractivity contribution >= 4 is 17.3 Å². The Hall–Kier alpha value is -2.49. The number of methoxy groups -OCH3 is 1. The number of carbonyl (C=O) groups is 1. The van der Waals surface area contributed by atoms with E-state index in [9.17, 15) is 4.79 Å². The van der Waals surface area contributed by atoms with Crippen molar-refractivity contribution in [1.82, 2.24) is 0 Å². The minimum absolute atomic E-state index is 0.105. The number of benzene rings is 2. The van der Waals surface area contributed by atoms with E-state index in [1.54, 1.807) is 19.2 Å². The summed E-state index contributed by atoms with van der Waals surface area (Å²) in [7, 11) is 1.60. The number of rotatable bonds is 4. The van der Waals surface area contributed by atoms with Crippen LogP contribution in [0.2, 0.25) is 0 Å². The Morgan fingerprint density at radius 3 is 2.74 bits per heavy atom. The molecule has 2 aromatic rings. The van der Waals surface area contributed by atoms with Gasteiger partial charge in [0.1, 0.15) is 5.75 Å². The molecule has 0 aliphatic rings. The van der Waals surface area contributed by atoms with E-state index in [2.05, 4.69) is 5.32 Å².